The van der Waals surface area contributed by atoms with Gasteiger partial charge in [-0.1, -0.05) is 158 Å². The number of para-hydroxylation sites is 5. The van der Waals surface area contributed by atoms with Crippen molar-refractivity contribution >= 4 is 60.6 Å². The van der Waals surface area contributed by atoms with Gasteiger partial charge in [-0.25, -0.2) is 9.97 Å². The second-order valence-electron chi connectivity index (χ2n) is 16.5. The highest BCUT2D eigenvalue weighted by atomic mass is 15.2. The van der Waals surface area contributed by atoms with E-state index < -0.39 is 0 Å². The van der Waals surface area contributed by atoms with Crippen LogP contribution < -0.4 is 0 Å². The molecule has 0 saturated carbocycles. The molecule has 63 heavy (non-hydrogen) atoms. The van der Waals surface area contributed by atoms with Crippen molar-refractivity contribution in [3.8, 4) is 51.0 Å². The van der Waals surface area contributed by atoms with E-state index in [1.807, 2.05) is 0 Å². The molecule has 12 aromatic rings. The minimum atomic E-state index is 0.836. The molecule has 0 unspecified atom stereocenters. The molecule has 1 aliphatic rings. The summed E-state index contributed by atoms with van der Waals surface area (Å²) in [6.07, 6.45) is 6.63. The van der Waals surface area contributed by atoms with Crippen molar-refractivity contribution in [3.63, 3.8) is 0 Å². The molecule has 0 spiro atoms. The molecule has 0 radical (unpaired) electrons. The summed E-state index contributed by atoms with van der Waals surface area (Å²) in [4.78, 5) is 11.4. The highest BCUT2D eigenvalue weighted by Crippen LogP contribution is 2.45. The molecule has 0 N–H and O–H groups in total. The van der Waals surface area contributed by atoms with Crippen LogP contribution in [0.4, 0.5) is 0 Å². The van der Waals surface area contributed by atoms with Crippen LogP contribution in [0.2, 0.25) is 0 Å². The zero-order chi connectivity index (χ0) is 41.4. The number of pyridine rings is 2. The molecule has 5 nitrogen and oxygen atoms in total. The van der Waals surface area contributed by atoms with Crippen molar-refractivity contribution in [3.05, 3.63) is 218 Å². The number of nitrogens with zero attached hydrogens (tertiary/aromatic N) is 5. The fourth-order valence-corrected chi connectivity index (χ4v) is 10.2. The zero-order valence-corrected chi connectivity index (χ0v) is 34.4. The van der Waals surface area contributed by atoms with Gasteiger partial charge in [0.05, 0.1) is 44.7 Å². The first-order valence-electron chi connectivity index (χ1n) is 21.7. The predicted octanol–water partition coefficient (Wildman–Crippen LogP) is 14.6. The van der Waals surface area contributed by atoms with Crippen LogP contribution in [-0.4, -0.2) is 23.7 Å². The molecule has 0 fully saturated rings. The van der Waals surface area contributed by atoms with Crippen LogP contribution in [-0.2, 0) is 6.42 Å². The van der Waals surface area contributed by atoms with Crippen molar-refractivity contribution in [2.24, 2.45) is 0 Å². The molecule has 0 bridgehead atoms. The molecule has 0 amide bonds. The Hall–Kier alpha value is -8.28. The molecule has 296 valence electrons. The van der Waals surface area contributed by atoms with E-state index in [4.69, 9.17) is 9.97 Å². The molecule has 7 aromatic carbocycles. The Kier molecular flexibility index (Phi) is 7.97. The van der Waals surface area contributed by atoms with Crippen LogP contribution in [0.3, 0.4) is 0 Å². The minimum Gasteiger partial charge on any atom is -0.306 e. The Morgan fingerprint density at radius 2 is 0.825 bits per heavy atom. The molecule has 5 heterocycles. The Bertz CT molecular complexity index is 3630. The molecule has 0 aliphatic heterocycles. The van der Waals surface area contributed by atoms with E-state index in [1.165, 1.54) is 38.2 Å². The number of allylic oxidation sites excluding steroid dienone is 1. The summed E-state index contributed by atoms with van der Waals surface area (Å²) in [6, 6.07) is 71.9. The van der Waals surface area contributed by atoms with E-state index in [0.29, 0.717) is 0 Å². The van der Waals surface area contributed by atoms with Crippen molar-refractivity contribution in [1.29, 1.82) is 0 Å². The number of benzene rings is 7. The average Bonchev–Trinajstić information content (AvgIpc) is 4.00. The largest absolute Gasteiger partial charge is 0.306 e. The predicted molar refractivity (Wildman–Crippen MR) is 261 cm³/mol. The fourth-order valence-electron chi connectivity index (χ4n) is 10.2. The number of hydrogen-bond acceptors (Lipinski definition) is 2. The molecule has 0 saturated heterocycles. The summed E-state index contributed by atoms with van der Waals surface area (Å²) < 4.78 is 7.27. The molecule has 0 atom stereocenters. The van der Waals surface area contributed by atoms with Gasteiger partial charge < -0.3 is 4.57 Å². The van der Waals surface area contributed by atoms with Gasteiger partial charge in [0.15, 0.2) is 5.82 Å². The first-order chi connectivity index (χ1) is 31.3. The molecule has 1 aliphatic carbocycles. The molecular weight excluding hydrogens is 767 g/mol. The van der Waals surface area contributed by atoms with E-state index >= 15 is 0 Å². The van der Waals surface area contributed by atoms with Gasteiger partial charge in [0, 0.05) is 49.3 Å². The summed E-state index contributed by atoms with van der Waals surface area (Å²) in [6.45, 7) is 0. The van der Waals surface area contributed by atoms with Crippen molar-refractivity contribution in [2.45, 2.75) is 12.8 Å². The van der Waals surface area contributed by atoms with Crippen LogP contribution in [0.15, 0.2) is 206 Å². The Balaban J connectivity index is 1.26. The number of aromatic nitrogens is 5. The van der Waals surface area contributed by atoms with Crippen LogP contribution >= 0.6 is 0 Å². The topological polar surface area (TPSA) is 40.6 Å². The highest BCUT2D eigenvalue weighted by molar-refractivity contribution is 6.11. The van der Waals surface area contributed by atoms with Gasteiger partial charge in [0.1, 0.15) is 5.82 Å². The summed E-state index contributed by atoms with van der Waals surface area (Å²) in [5.41, 5.74) is 15.2. The Morgan fingerprint density at radius 1 is 0.381 bits per heavy atom. The Labute approximate surface area is 364 Å². The number of fused-ring (bicyclic) bond motifs is 9. The second-order valence-corrected chi connectivity index (χ2v) is 16.5. The number of hydrogen-bond donors (Lipinski definition) is 0. The maximum atomic E-state index is 5.98. The lowest BCUT2D eigenvalue weighted by molar-refractivity contribution is 0.943. The quantitative estimate of drug-likeness (QED) is 0.168. The maximum absolute atomic E-state index is 5.98. The van der Waals surface area contributed by atoms with Crippen LogP contribution in [0.25, 0.3) is 112 Å². The van der Waals surface area contributed by atoms with E-state index in [9.17, 15) is 0 Å². The van der Waals surface area contributed by atoms with Gasteiger partial charge >= 0.3 is 0 Å². The van der Waals surface area contributed by atoms with Crippen LogP contribution in [0, 0.1) is 0 Å². The smallest absolute Gasteiger partial charge is 0.165 e. The van der Waals surface area contributed by atoms with Crippen molar-refractivity contribution in [1.82, 2.24) is 23.7 Å². The highest BCUT2D eigenvalue weighted by Gasteiger charge is 2.28. The molecule has 5 heteroatoms. The first kappa shape index (κ1) is 35.5. The third-order valence-electron chi connectivity index (χ3n) is 12.9. The lowest BCUT2D eigenvalue weighted by Crippen LogP contribution is -2.12. The third-order valence-corrected chi connectivity index (χ3v) is 12.9. The number of rotatable bonds is 6. The zero-order valence-electron chi connectivity index (χ0n) is 34.4. The van der Waals surface area contributed by atoms with Crippen molar-refractivity contribution in [2.75, 3.05) is 0 Å². The molecule has 13 rings (SSSR count). The maximum Gasteiger partial charge on any atom is 0.165 e. The Morgan fingerprint density at radius 3 is 1.35 bits per heavy atom. The minimum absolute atomic E-state index is 0.836. The summed E-state index contributed by atoms with van der Waals surface area (Å²) in [5, 5.41) is 6.02. The summed E-state index contributed by atoms with van der Waals surface area (Å²) in [5.74, 6) is 1.69. The number of aryl methyl sites for hydroxylation is 1. The van der Waals surface area contributed by atoms with E-state index in [0.717, 1.165) is 91.4 Å². The van der Waals surface area contributed by atoms with Gasteiger partial charge in [-0.05, 0) is 78.6 Å². The molecular formula is C58H39N5. The second kappa shape index (κ2) is 14.2. The summed E-state index contributed by atoms with van der Waals surface area (Å²) in [7, 11) is 0. The lowest BCUT2D eigenvalue weighted by atomic mass is 9.98. The summed E-state index contributed by atoms with van der Waals surface area (Å²) >= 11 is 0. The van der Waals surface area contributed by atoms with Gasteiger partial charge in [-0.15, -0.1) is 0 Å². The third kappa shape index (κ3) is 5.49. The van der Waals surface area contributed by atoms with E-state index in [2.05, 4.69) is 226 Å². The SMILES string of the molecule is C1=Cc2c(c3ccccc3n2-c2c(-c3cc(-c4ccccc4)nc(-c4ccccc4)c3)cc(-n3c4ccccc4c4ccccc43)nc2-n2c3ccccc3c3ccccc32)CC1. The van der Waals surface area contributed by atoms with Gasteiger partial charge in [-0.2, -0.15) is 0 Å². The average molecular weight is 806 g/mol. The van der Waals surface area contributed by atoms with Gasteiger partial charge in [0.2, 0.25) is 0 Å². The van der Waals surface area contributed by atoms with Gasteiger partial charge in [-0.3, -0.25) is 9.13 Å². The van der Waals surface area contributed by atoms with Crippen LogP contribution in [0.5, 0.6) is 0 Å². The van der Waals surface area contributed by atoms with Gasteiger partial charge in [0.25, 0.3) is 0 Å². The van der Waals surface area contributed by atoms with Crippen LogP contribution in [0.1, 0.15) is 17.7 Å². The fraction of sp³-hybridized carbons (Fsp3) is 0.0345. The van der Waals surface area contributed by atoms with E-state index in [1.54, 1.807) is 0 Å². The molecule has 5 aromatic heterocycles. The van der Waals surface area contributed by atoms with Crippen molar-refractivity contribution < 1.29 is 0 Å². The first-order valence-corrected chi connectivity index (χ1v) is 21.7. The van der Waals surface area contributed by atoms with E-state index in [-0.39, 0.29) is 0 Å². The lowest BCUT2D eigenvalue weighted by Gasteiger charge is -2.23. The normalized spacial score (nSPS) is 12.6. The monoisotopic (exact) mass is 805 g/mol. The standard InChI is InChI=1S/C58H39N5/c1-3-19-38(20-4-1)48-35-40(36-49(59-48)39-21-5-2-6-22-39)47-37-56(61-50-29-13-7-23-41(50)42-24-8-14-30-51(42)61)60-58(63-54-33-17-11-27-45(54)46-28-12-18-34-55(46)63)57(47)62-52-31-15-9-25-43(52)44-26-10-16-32-53(44)62/h1-9,11-25,27-37H,10,26H2.